The number of hydrogen-bond acceptors (Lipinski definition) is 5. The first-order valence-corrected chi connectivity index (χ1v) is 19.2. The Morgan fingerprint density at radius 3 is 2.20 bits per heavy atom. The van der Waals surface area contributed by atoms with Gasteiger partial charge in [0.25, 0.3) is 0 Å². The molecule has 0 aliphatic heterocycles. The third-order valence-corrected chi connectivity index (χ3v) is 15.8. The van der Waals surface area contributed by atoms with Gasteiger partial charge in [-0.05, 0) is 126 Å². The quantitative estimate of drug-likeness (QED) is 0.214. The zero-order valence-electron chi connectivity index (χ0n) is 31.9. The SMILES string of the molecule is C=CC(C1=CC(=O)C=CC1=O)c1ccccc1.CC1(C)CCC2(C(=O)O)C(O)CC3(C)C(=CCC4C5(C)CCC(O)C(C)(C)C5CCC43C)C2C1. The molecular weight excluding hydrogens is 636 g/mol. The molecule has 7 rings (SSSR count). The van der Waals surface area contributed by atoms with E-state index in [4.69, 9.17) is 0 Å². The number of carbonyl (C=O) groups is 3. The van der Waals surface area contributed by atoms with Crippen molar-refractivity contribution < 1.29 is 29.7 Å². The van der Waals surface area contributed by atoms with Crippen molar-refractivity contribution in [3.63, 3.8) is 0 Å². The number of rotatable bonds is 4. The lowest BCUT2D eigenvalue weighted by molar-refractivity contribution is -0.218. The molecule has 0 amide bonds. The molecule has 3 N–H and O–H groups in total. The lowest BCUT2D eigenvalue weighted by atomic mass is 9.33. The van der Waals surface area contributed by atoms with Gasteiger partial charge in [0, 0.05) is 11.5 Å². The van der Waals surface area contributed by atoms with Crippen molar-refractivity contribution in [1.82, 2.24) is 0 Å². The maximum atomic E-state index is 12.8. The Morgan fingerprint density at radius 1 is 0.863 bits per heavy atom. The number of ketones is 2. The van der Waals surface area contributed by atoms with Gasteiger partial charge in [0.05, 0.1) is 12.2 Å². The van der Waals surface area contributed by atoms with Crippen molar-refractivity contribution in [2.75, 3.05) is 0 Å². The van der Waals surface area contributed by atoms with E-state index in [1.165, 1.54) is 23.8 Å². The number of carbonyl (C=O) groups excluding carboxylic acids is 2. The van der Waals surface area contributed by atoms with Crippen LogP contribution in [0.4, 0.5) is 0 Å². The first-order chi connectivity index (χ1) is 23.8. The Balaban J connectivity index is 0.000000221. The van der Waals surface area contributed by atoms with Crippen molar-refractivity contribution >= 4 is 17.5 Å². The molecule has 0 bridgehead atoms. The molecule has 0 heterocycles. The molecule has 6 aliphatic rings. The Hall–Kier alpha value is -3.09. The molecule has 10 atom stereocenters. The maximum absolute atomic E-state index is 12.8. The van der Waals surface area contributed by atoms with Gasteiger partial charge in [0.15, 0.2) is 11.6 Å². The number of benzene rings is 1. The van der Waals surface area contributed by atoms with Crippen LogP contribution in [0.15, 0.2) is 78.4 Å². The second-order valence-electron chi connectivity index (χ2n) is 19.0. The van der Waals surface area contributed by atoms with Gasteiger partial charge in [-0.2, -0.15) is 0 Å². The fraction of sp³-hybridized carbons (Fsp3) is 0.622. The normalized spacial score (nSPS) is 41.2. The number of aliphatic carboxylic acids is 1. The summed E-state index contributed by atoms with van der Waals surface area (Å²) in [6.45, 7) is 20.1. The summed E-state index contributed by atoms with van der Waals surface area (Å²) in [6, 6.07) is 9.55. The van der Waals surface area contributed by atoms with Crippen molar-refractivity contribution in [2.45, 2.75) is 124 Å². The highest BCUT2D eigenvalue weighted by Gasteiger charge is 2.71. The largest absolute Gasteiger partial charge is 0.481 e. The molecule has 10 unspecified atom stereocenters. The van der Waals surface area contributed by atoms with E-state index in [1.54, 1.807) is 6.08 Å². The maximum Gasteiger partial charge on any atom is 0.312 e. The molecule has 6 nitrogen and oxygen atoms in total. The van der Waals surface area contributed by atoms with Crippen LogP contribution in [0.25, 0.3) is 0 Å². The van der Waals surface area contributed by atoms with Crippen LogP contribution in [0.5, 0.6) is 0 Å². The van der Waals surface area contributed by atoms with E-state index in [1.807, 2.05) is 30.3 Å². The van der Waals surface area contributed by atoms with E-state index in [2.05, 4.69) is 61.1 Å². The predicted molar refractivity (Wildman–Crippen MR) is 201 cm³/mol. The second kappa shape index (κ2) is 12.8. The van der Waals surface area contributed by atoms with Crippen LogP contribution in [0.2, 0.25) is 0 Å². The van der Waals surface area contributed by atoms with Crippen molar-refractivity contribution in [2.24, 2.45) is 50.2 Å². The molecule has 0 radical (unpaired) electrons. The zero-order chi connectivity index (χ0) is 37.4. The molecule has 1 aromatic rings. The van der Waals surface area contributed by atoms with E-state index >= 15 is 0 Å². The number of aliphatic hydroxyl groups is 2. The molecule has 276 valence electrons. The number of fused-ring (bicyclic) bond motifs is 7. The summed E-state index contributed by atoms with van der Waals surface area (Å²) in [5.41, 5.74) is 1.74. The van der Waals surface area contributed by atoms with Crippen LogP contribution in [0.1, 0.15) is 118 Å². The lowest BCUT2D eigenvalue weighted by Crippen LogP contribution is -2.67. The summed E-state index contributed by atoms with van der Waals surface area (Å²) in [5, 5.41) is 33.1. The highest BCUT2D eigenvalue weighted by molar-refractivity contribution is 6.18. The minimum atomic E-state index is -1.04. The second-order valence-corrected chi connectivity index (χ2v) is 19.0. The highest BCUT2D eigenvalue weighted by Crippen LogP contribution is 2.75. The monoisotopic (exact) mass is 696 g/mol. The van der Waals surface area contributed by atoms with Gasteiger partial charge >= 0.3 is 5.97 Å². The third kappa shape index (κ3) is 5.69. The summed E-state index contributed by atoms with van der Waals surface area (Å²) in [6.07, 6.45) is 15.0. The molecule has 4 saturated carbocycles. The fourth-order valence-electron chi connectivity index (χ4n) is 12.6. The average molecular weight is 697 g/mol. The summed E-state index contributed by atoms with van der Waals surface area (Å²) in [7, 11) is 0. The Bertz CT molecular complexity index is 1680. The average Bonchev–Trinajstić information content (AvgIpc) is 3.06. The van der Waals surface area contributed by atoms with E-state index in [9.17, 15) is 29.7 Å². The number of hydrogen-bond donors (Lipinski definition) is 3. The minimum absolute atomic E-state index is 0.0218. The van der Waals surface area contributed by atoms with Gasteiger partial charge in [-0.3, -0.25) is 14.4 Å². The van der Waals surface area contributed by atoms with Crippen LogP contribution in [-0.2, 0) is 14.4 Å². The Labute approximate surface area is 305 Å². The van der Waals surface area contributed by atoms with E-state index in [-0.39, 0.29) is 56.6 Å². The summed E-state index contributed by atoms with van der Waals surface area (Å²) in [5.74, 6) is -0.413. The molecule has 1 aromatic carbocycles. The molecule has 0 aromatic heterocycles. The predicted octanol–water partition coefficient (Wildman–Crippen LogP) is 8.80. The van der Waals surface area contributed by atoms with Crippen LogP contribution >= 0.6 is 0 Å². The molecule has 6 aliphatic carbocycles. The van der Waals surface area contributed by atoms with Gasteiger partial charge in [-0.25, -0.2) is 0 Å². The Morgan fingerprint density at radius 2 is 1.55 bits per heavy atom. The van der Waals surface area contributed by atoms with Gasteiger partial charge in [0.1, 0.15) is 5.41 Å². The number of aliphatic hydroxyl groups excluding tert-OH is 2. The summed E-state index contributed by atoms with van der Waals surface area (Å²) in [4.78, 5) is 35.9. The van der Waals surface area contributed by atoms with Crippen LogP contribution < -0.4 is 0 Å². The molecule has 51 heavy (non-hydrogen) atoms. The summed E-state index contributed by atoms with van der Waals surface area (Å²) >= 11 is 0. The van der Waals surface area contributed by atoms with Gasteiger partial charge in [0.2, 0.25) is 0 Å². The number of carboxylic acid groups (broad SMARTS) is 1. The first kappa shape index (κ1) is 37.7. The topological polar surface area (TPSA) is 112 Å². The van der Waals surface area contributed by atoms with Crippen molar-refractivity contribution in [3.8, 4) is 0 Å². The van der Waals surface area contributed by atoms with Crippen LogP contribution in [0, 0.1) is 50.2 Å². The van der Waals surface area contributed by atoms with Crippen LogP contribution in [0.3, 0.4) is 0 Å². The molecule has 4 fully saturated rings. The Kier molecular flexibility index (Phi) is 9.45. The number of carboxylic acids is 1. The summed E-state index contributed by atoms with van der Waals surface area (Å²) < 4.78 is 0. The van der Waals surface area contributed by atoms with E-state index in [0.29, 0.717) is 30.3 Å². The minimum Gasteiger partial charge on any atom is -0.481 e. The fourth-order valence-corrected chi connectivity index (χ4v) is 12.6. The van der Waals surface area contributed by atoms with Gasteiger partial charge in [-0.1, -0.05) is 96.5 Å². The number of allylic oxidation sites excluding steroid dienone is 7. The third-order valence-electron chi connectivity index (χ3n) is 15.8. The van der Waals surface area contributed by atoms with E-state index < -0.39 is 17.5 Å². The standard InChI is InChI=1S/C30H48O4.C15H12O2/c1-25(2)14-15-30(24(33)34)19(16-25)18-8-9-21-27(5)12-11-22(31)26(3,4)20(27)10-13-28(21,6)29(18,7)17-23(30)32;1-2-13(11-6-4-3-5-7-11)14-10-12(16)8-9-15(14)17/h8,19-23,31-32H,9-17H2,1-7H3,(H,33,34);2-10,13H,1H2. The highest BCUT2D eigenvalue weighted by atomic mass is 16.4. The molecule has 0 spiro atoms. The van der Waals surface area contributed by atoms with Crippen LogP contribution in [-0.4, -0.2) is 45.1 Å². The van der Waals surface area contributed by atoms with Crippen molar-refractivity contribution in [1.29, 1.82) is 0 Å². The van der Waals surface area contributed by atoms with E-state index in [0.717, 1.165) is 50.5 Å². The molecule has 0 saturated heterocycles. The lowest BCUT2D eigenvalue weighted by Gasteiger charge is -2.71. The zero-order valence-corrected chi connectivity index (χ0v) is 31.9. The molecule has 6 heteroatoms. The first-order valence-electron chi connectivity index (χ1n) is 19.2. The molecular formula is C45H60O6. The van der Waals surface area contributed by atoms with Crippen molar-refractivity contribution in [3.05, 3.63) is 84.0 Å². The van der Waals surface area contributed by atoms with Gasteiger partial charge in [-0.15, -0.1) is 6.58 Å². The smallest absolute Gasteiger partial charge is 0.312 e. The van der Waals surface area contributed by atoms with Gasteiger partial charge < -0.3 is 15.3 Å².